The first-order valence-corrected chi connectivity index (χ1v) is 11.3. The molecule has 2 aromatic heterocycles. The Morgan fingerprint density at radius 1 is 1.15 bits per heavy atom. The van der Waals surface area contributed by atoms with Crippen LogP contribution < -0.4 is 4.90 Å². The fraction of sp³-hybridized carbons (Fsp3) is 0.667. The molecule has 2 fully saturated rings. The van der Waals surface area contributed by atoms with E-state index in [9.17, 15) is 4.79 Å². The highest BCUT2D eigenvalue weighted by Gasteiger charge is 2.32. The Morgan fingerprint density at radius 3 is 2.48 bits per heavy atom. The number of amides is 1. The molecule has 27 heavy (non-hydrogen) atoms. The van der Waals surface area contributed by atoms with Crippen molar-refractivity contribution >= 4 is 33.3 Å². The number of fused-ring (bicyclic) bond motifs is 1. The predicted molar refractivity (Wildman–Crippen MR) is 111 cm³/mol. The van der Waals surface area contributed by atoms with Crippen LogP contribution in [0.4, 0.5) is 5.82 Å². The average Bonchev–Trinajstić information content (AvgIpc) is 3.22. The summed E-state index contributed by atoms with van der Waals surface area (Å²) in [6.45, 7) is 8.23. The molecule has 2 aliphatic heterocycles. The first kappa shape index (κ1) is 18.7. The lowest BCUT2D eigenvalue weighted by Gasteiger charge is -2.41. The molecular formula is C21H30N4OS. The number of carbonyl (C=O) groups is 1. The second kappa shape index (κ2) is 8.13. The molecule has 6 heteroatoms. The van der Waals surface area contributed by atoms with Crippen molar-refractivity contribution in [2.75, 3.05) is 31.1 Å². The van der Waals surface area contributed by atoms with Gasteiger partial charge >= 0.3 is 0 Å². The number of hydrogen-bond donors (Lipinski definition) is 0. The summed E-state index contributed by atoms with van der Waals surface area (Å²) in [7, 11) is 0. The van der Waals surface area contributed by atoms with E-state index in [-0.39, 0.29) is 5.92 Å². The fourth-order valence-electron chi connectivity index (χ4n) is 4.69. The molecule has 0 aliphatic carbocycles. The van der Waals surface area contributed by atoms with Crippen LogP contribution >= 0.6 is 11.3 Å². The van der Waals surface area contributed by atoms with Crippen LogP contribution in [0.5, 0.6) is 0 Å². The molecule has 0 bridgehead atoms. The number of thiophene rings is 1. The van der Waals surface area contributed by atoms with Gasteiger partial charge in [0.1, 0.15) is 17.0 Å². The Kier molecular flexibility index (Phi) is 5.62. The van der Waals surface area contributed by atoms with Gasteiger partial charge in [0, 0.05) is 32.1 Å². The van der Waals surface area contributed by atoms with Crippen LogP contribution in [0.2, 0.25) is 0 Å². The summed E-state index contributed by atoms with van der Waals surface area (Å²) < 4.78 is 0. The van der Waals surface area contributed by atoms with Crippen LogP contribution in [0.25, 0.3) is 10.2 Å². The Balaban J connectivity index is 1.31. The van der Waals surface area contributed by atoms with Crippen LogP contribution in [0.3, 0.4) is 0 Å². The molecule has 0 radical (unpaired) electrons. The van der Waals surface area contributed by atoms with Gasteiger partial charge in [-0.05, 0) is 55.4 Å². The number of aromatic nitrogens is 2. The van der Waals surface area contributed by atoms with Gasteiger partial charge < -0.3 is 9.80 Å². The standard InChI is InChI=1S/C21H30N4OS/c1-3-15(2)21(26)25-11-6-17(7-12-25)16-4-9-24(10-5-16)19-18-8-13-27-20(18)23-14-22-19/h8,13-17H,3-7,9-12H2,1-2H3. The van der Waals surface area contributed by atoms with E-state index in [2.05, 4.69) is 45.1 Å². The first-order valence-electron chi connectivity index (χ1n) is 10.4. The molecule has 0 N–H and O–H groups in total. The van der Waals surface area contributed by atoms with Crippen molar-refractivity contribution in [2.24, 2.45) is 17.8 Å². The van der Waals surface area contributed by atoms with E-state index in [1.54, 1.807) is 17.7 Å². The van der Waals surface area contributed by atoms with E-state index in [0.717, 1.165) is 55.1 Å². The molecule has 4 heterocycles. The van der Waals surface area contributed by atoms with Gasteiger partial charge in [-0.2, -0.15) is 0 Å². The third kappa shape index (κ3) is 3.82. The van der Waals surface area contributed by atoms with Crippen LogP contribution in [-0.4, -0.2) is 47.0 Å². The average molecular weight is 387 g/mol. The first-order chi connectivity index (χ1) is 13.2. The molecule has 0 spiro atoms. The normalized spacial score (nSPS) is 21.0. The maximum atomic E-state index is 12.4. The van der Waals surface area contributed by atoms with Gasteiger partial charge in [-0.25, -0.2) is 9.97 Å². The minimum Gasteiger partial charge on any atom is -0.356 e. The summed E-state index contributed by atoms with van der Waals surface area (Å²) in [6, 6.07) is 2.14. The number of hydrogen-bond acceptors (Lipinski definition) is 5. The molecule has 4 rings (SSSR count). The van der Waals surface area contributed by atoms with Gasteiger partial charge in [0.2, 0.25) is 5.91 Å². The zero-order chi connectivity index (χ0) is 18.8. The molecule has 2 aliphatic rings. The molecule has 1 amide bonds. The van der Waals surface area contributed by atoms with Crippen molar-refractivity contribution in [2.45, 2.75) is 46.0 Å². The maximum Gasteiger partial charge on any atom is 0.225 e. The topological polar surface area (TPSA) is 49.3 Å². The van der Waals surface area contributed by atoms with Crippen LogP contribution in [0, 0.1) is 17.8 Å². The summed E-state index contributed by atoms with van der Waals surface area (Å²) in [5, 5.41) is 3.29. The maximum absolute atomic E-state index is 12.4. The van der Waals surface area contributed by atoms with E-state index in [1.165, 1.54) is 31.1 Å². The quantitative estimate of drug-likeness (QED) is 0.790. The van der Waals surface area contributed by atoms with Gasteiger partial charge in [0.05, 0.1) is 5.39 Å². The van der Waals surface area contributed by atoms with E-state index in [4.69, 9.17) is 0 Å². The molecule has 1 unspecified atom stereocenters. The van der Waals surface area contributed by atoms with Crippen molar-refractivity contribution in [1.82, 2.24) is 14.9 Å². The Morgan fingerprint density at radius 2 is 1.81 bits per heavy atom. The van der Waals surface area contributed by atoms with E-state index in [1.807, 2.05) is 0 Å². The van der Waals surface area contributed by atoms with Crippen molar-refractivity contribution < 1.29 is 4.79 Å². The lowest BCUT2D eigenvalue weighted by molar-refractivity contribution is -0.136. The SMILES string of the molecule is CCC(C)C(=O)N1CCC(C2CCN(c3ncnc4sccc34)CC2)CC1. The third-order valence-electron chi connectivity index (χ3n) is 6.63. The summed E-state index contributed by atoms with van der Waals surface area (Å²) in [5.41, 5.74) is 0. The number of rotatable bonds is 4. The molecule has 2 aromatic rings. The van der Waals surface area contributed by atoms with Gasteiger partial charge in [-0.1, -0.05) is 13.8 Å². The third-order valence-corrected chi connectivity index (χ3v) is 7.45. The van der Waals surface area contributed by atoms with Crippen LogP contribution in [-0.2, 0) is 4.79 Å². The fourth-order valence-corrected chi connectivity index (χ4v) is 5.42. The molecule has 2 saturated heterocycles. The highest BCUT2D eigenvalue weighted by molar-refractivity contribution is 7.16. The number of likely N-dealkylation sites (tertiary alicyclic amines) is 1. The largest absolute Gasteiger partial charge is 0.356 e. The Labute approximate surface area is 165 Å². The van der Waals surface area contributed by atoms with E-state index >= 15 is 0 Å². The highest BCUT2D eigenvalue weighted by Crippen LogP contribution is 2.35. The zero-order valence-corrected chi connectivity index (χ0v) is 17.2. The highest BCUT2D eigenvalue weighted by atomic mass is 32.1. The lowest BCUT2D eigenvalue weighted by Crippen LogP contribution is -2.44. The second-order valence-electron chi connectivity index (χ2n) is 8.13. The minimum absolute atomic E-state index is 0.173. The molecule has 0 saturated carbocycles. The predicted octanol–water partition coefficient (Wildman–Crippen LogP) is 4.19. The van der Waals surface area contributed by atoms with Gasteiger partial charge in [0.15, 0.2) is 0 Å². The zero-order valence-electron chi connectivity index (χ0n) is 16.4. The Bertz CT molecular complexity index is 775. The smallest absolute Gasteiger partial charge is 0.225 e. The Hall–Kier alpha value is -1.69. The monoisotopic (exact) mass is 386 g/mol. The number of nitrogens with zero attached hydrogens (tertiary/aromatic N) is 4. The summed E-state index contributed by atoms with van der Waals surface area (Å²) in [4.78, 5) is 27.0. The van der Waals surface area contributed by atoms with E-state index < -0.39 is 0 Å². The number of carbonyl (C=O) groups excluding carboxylic acids is 1. The van der Waals surface area contributed by atoms with Crippen molar-refractivity contribution in [1.29, 1.82) is 0 Å². The van der Waals surface area contributed by atoms with E-state index in [0.29, 0.717) is 5.91 Å². The number of anilines is 1. The molecule has 146 valence electrons. The number of piperidine rings is 2. The van der Waals surface area contributed by atoms with Crippen molar-refractivity contribution in [3.63, 3.8) is 0 Å². The lowest BCUT2D eigenvalue weighted by atomic mass is 9.78. The summed E-state index contributed by atoms with van der Waals surface area (Å²) in [6.07, 6.45) is 7.46. The van der Waals surface area contributed by atoms with Crippen LogP contribution in [0.15, 0.2) is 17.8 Å². The summed E-state index contributed by atoms with van der Waals surface area (Å²) >= 11 is 1.68. The summed E-state index contributed by atoms with van der Waals surface area (Å²) in [5.74, 6) is 3.20. The van der Waals surface area contributed by atoms with Gasteiger partial charge in [-0.15, -0.1) is 11.3 Å². The molecule has 0 aromatic carbocycles. The van der Waals surface area contributed by atoms with Gasteiger partial charge in [-0.3, -0.25) is 4.79 Å². The minimum atomic E-state index is 0.173. The molecule has 1 atom stereocenters. The molecule has 5 nitrogen and oxygen atoms in total. The second-order valence-corrected chi connectivity index (χ2v) is 9.03. The van der Waals surface area contributed by atoms with Crippen molar-refractivity contribution in [3.05, 3.63) is 17.8 Å². The van der Waals surface area contributed by atoms with Crippen molar-refractivity contribution in [3.8, 4) is 0 Å². The van der Waals surface area contributed by atoms with Crippen LogP contribution in [0.1, 0.15) is 46.0 Å². The van der Waals surface area contributed by atoms with Gasteiger partial charge in [0.25, 0.3) is 0 Å². The molecular weight excluding hydrogens is 356 g/mol.